The first-order valence-electron chi connectivity index (χ1n) is 12.3. The van der Waals surface area contributed by atoms with Crippen LogP contribution in [0.25, 0.3) is 11.1 Å². The van der Waals surface area contributed by atoms with E-state index in [1.165, 1.54) is 12.8 Å². The lowest BCUT2D eigenvalue weighted by Crippen LogP contribution is -2.37. The number of anilines is 1. The molecule has 0 saturated heterocycles. The average Bonchev–Trinajstić information content (AvgIpc) is 2.88. The molecule has 3 N–H and O–H groups in total. The quantitative estimate of drug-likeness (QED) is 0.553. The second-order valence-electron chi connectivity index (χ2n) is 8.88. The van der Waals surface area contributed by atoms with Crippen molar-refractivity contribution in [3.63, 3.8) is 0 Å². The predicted molar refractivity (Wildman–Crippen MR) is 139 cm³/mol. The van der Waals surface area contributed by atoms with Crippen LogP contribution >= 0.6 is 0 Å². The Labute approximate surface area is 207 Å². The second-order valence-corrected chi connectivity index (χ2v) is 8.88. The number of nitrogens with two attached hydrogens (primary N) is 1. The highest BCUT2D eigenvalue weighted by Crippen LogP contribution is 2.29. The van der Waals surface area contributed by atoms with Crippen LogP contribution in [-0.4, -0.2) is 31.5 Å². The first-order valence-corrected chi connectivity index (χ1v) is 12.3. The molecule has 3 aromatic carbocycles. The zero-order valence-electron chi connectivity index (χ0n) is 20.0. The smallest absolute Gasteiger partial charge is 0.264 e. The number of hydrogen-bond acceptors (Lipinski definition) is 4. The van der Waals surface area contributed by atoms with E-state index in [1.54, 1.807) is 6.07 Å². The van der Waals surface area contributed by atoms with Gasteiger partial charge < -0.3 is 20.7 Å². The molecule has 0 aromatic heterocycles. The Bertz CT molecular complexity index is 1150. The average molecular weight is 472 g/mol. The maximum Gasteiger partial charge on any atom is 0.264 e. The molecule has 6 nitrogen and oxygen atoms in total. The molecular weight excluding hydrogens is 438 g/mol. The summed E-state index contributed by atoms with van der Waals surface area (Å²) in [6.45, 7) is 2.23. The standard InChI is InChI=1S/C29H33N3O3/c30-29(34)24-11-9-10-22(18-24)23-14-15-27-25(19-23)20-31-16-7-2-1-3-8-17-32(27)28(33)21-35-26-12-5-4-6-13-26/h4-6,9-15,18-19,31H,1-3,7-8,16-17,20-21H2,(H2,30,34). The van der Waals surface area contributed by atoms with Crippen molar-refractivity contribution in [1.82, 2.24) is 5.32 Å². The number of nitrogens with zero attached hydrogens (tertiary/aromatic N) is 1. The number of ether oxygens (including phenoxy) is 1. The van der Waals surface area contributed by atoms with Gasteiger partial charge in [-0.3, -0.25) is 9.59 Å². The zero-order chi connectivity index (χ0) is 24.5. The zero-order valence-corrected chi connectivity index (χ0v) is 20.0. The van der Waals surface area contributed by atoms with Gasteiger partial charge in [-0.15, -0.1) is 0 Å². The van der Waals surface area contributed by atoms with Gasteiger partial charge in [0.2, 0.25) is 5.91 Å². The molecule has 0 saturated carbocycles. The van der Waals surface area contributed by atoms with Gasteiger partial charge in [0.25, 0.3) is 5.91 Å². The third kappa shape index (κ3) is 6.70. The van der Waals surface area contributed by atoms with Crippen LogP contribution in [0.1, 0.15) is 48.0 Å². The number of carbonyl (C=O) groups excluding carboxylic acids is 2. The van der Waals surface area contributed by atoms with Gasteiger partial charge in [0, 0.05) is 24.3 Å². The van der Waals surface area contributed by atoms with Crippen LogP contribution in [0.2, 0.25) is 0 Å². The Hall–Kier alpha value is -3.64. The molecule has 0 unspecified atom stereocenters. The van der Waals surface area contributed by atoms with Crippen molar-refractivity contribution in [2.75, 3.05) is 24.6 Å². The van der Waals surface area contributed by atoms with Crippen molar-refractivity contribution in [3.8, 4) is 16.9 Å². The Morgan fingerprint density at radius 1 is 0.857 bits per heavy atom. The van der Waals surface area contributed by atoms with E-state index < -0.39 is 5.91 Å². The molecule has 2 amide bonds. The van der Waals surface area contributed by atoms with Crippen LogP contribution in [0.5, 0.6) is 5.75 Å². The van der Waals surface area contributed by atoms with Crippen molar-refractivity contribution in [2.45, 2.75) is 38.6 Å². The van der Waals surface area contributed by atoms with Gasteiger partial charge in [-0.1, -0.05) is 55.7 Å². The third-order valence-corrected chi connectivity index (χ3v) is 6.31. The minimum absolute atomic E-state index is 0.0146. The van der Waals surface area contributed by atoms with Crippen LogP contribution in [0.4, 0.5) is 5.69 Å². The summed E-state index contributed by atoms with van der Waals surface area (Å²) in [7, 11) is 0. The highest BCUT2D eigenvalue weighted by molar-refractivity contribution is 5.96. The number of fused-ring (bicyclic) bond motifs is 1. The third-order valence-electron chi connectivity index (χ3n) is 6.31. The molecule has 182 valence electrons. The number of amides is 2. The number of para-hydroxylation sites is 1. The van der Waals surface area contributed by atoms with E-state index in [-0.39, 0.29) is 12.5 Å². The number of primary amides is 1. The Morgan fingerprint density at radius 2 is 1.63 bits per heavy atom. The Morgan fingerprint density at radius 3 is 2.46 bits per heavy atom. The topological polar surface area (TPSA) is 84.7 Å². The van der Waals surface area contributed by atoms with E-state index in [9.17, 15) is 9.59 Å². The van der Waals surface area contributed by atoms with E-state index in [1.807, 2.05) is 65.6 Å². The van der Waals surface area contributed by atoms with Gasteiger partial charge in [-0.2, -0.15) is 0 Å². The minimum atomic E-state index is -0.449. The molecule has 1 heterocycles. The summed E-state index contributed by atoms with van der Waals surface area (Å²) >= 11 is 0. The molecule has 35 heavy (non-hydrogen) atoms. The lowest BCUT2D eigenvalue weighted by atomic mass is 9.99. The molecular formula is C29H33N3O3. The monoisotopic (exact) mass is 471 g/mol. The van der Waals surface area contributed by atoms with E-state index in [4.69, 9.17) is 10.5 Å². The van der Waals surface area contributed by atoms with Gasteiger partial charge in [0.05, 0.1) is 0 Å². The maximum atomic E-state index is 13.4. The first kappa shape index (κ1) is 24.5. The molecule has 0 bridgehead atoms. The van der Waals surface area contributed by atoms with E-state index >= 15 is 0 Å². The summed E-state index contributed by atoms with van der Waals surface area (Å²) in [6.07, 6.45) is 5.54. The largest absolute Gasteiger partial charge is 0.484 e. The molecule has 0 atom stereocenters. The number of hydrogen-bond donors (Lipinski definition) is 2. The van der Waals surface area contributed by atoms with Crippen molar-refractivity contribution >= 4 is 17.5 Å². The molecule has 1 aliphatic rings. The molecule has 1 aliphatic heterocycles. The molecule has 3 aromatic rings. The highest BCUT2D eigenvalue weighted by atomic mass is 16.5. The van der Waals surface area contributed by atoms with Crippen molar-refractivity contribution < 1.29 is 14.3 Å². The molecule has 0 fully saturated rings. The lowest BCUT2D eigenvalue weighted by Gasteiger charge is -2.27. The number of rotatable bonds is 5. The molecule has 6 heteroatoms. The van der Waals surface area contributed by atoms with Crippen molar-refractivity contribution in [2.24, 2.45) is 5.73 Å². The molecule has 0 aliphatic carbocycles. The molecule has 0 radical (unpaired) electrons. The Balaban J connectivity index is 1.64. The normalized spacial score (nSPS) is 14.8. The fourth-order valence-corrected chi connectivity index (χ4v) is 4.41. The summed E-state index contributed by atoms with van der Waals surface area (Å²) in [6, 6.07) is 22.9. The van der Waals surface area contributed by atoms with Gasteiger partial charge in [0.15, 0.2) is 6.61 Å². The van der Waals surface area contributed by atoms with Crippen LogP contribution in [0.15, 0.2) is 72.8 Å². The van der Waals surface area contributed by atoms with Gasteiger partial charge in [-0.25, -0.2) is 0 Å². The number of benzene rings is 3. The number of nitrogens with one attached hydrogen (secondary N) is 1. The minimum Gasteiger partial charge on any atom is -0.484 e. The van der Waals surface area contributed by atoms with E-state index in [0.29, 0.717) is 24.4 Å². The summed E-state index contributed by atoms with van der Waals surface area (Å²) in [5.74, 6) is 0.174. The van der Waals surface area contributed by atoms with Crippen molar-refractivity contribution in [3.05, 3.63) is 83.9 Å². The van der Waals surface area contributed by atoms with Crippen LogP contribution < -0.4 is 20.7 Å². The molecule has 0 spiro atoms. The number of carbonyl (C=O) groups is 2. The van der Waals surface area contributed by atoms with Gasteiger partial charge >= 0.3 is 0 Å². The van der Waals surface area contributed by atoms with E-state index in [2.05, 4.69) is 11.4 Å². The summed E-state index contributed by atoms with van der Waals surface area (Å²) < 4.78 is 5.79. The first-order chi connectivity index (χ1) is 17.1. The molecule has 4 rings (SSSR count). The van der Waals surface area contributed by atoms with Crippen LogP contribution in [0, 0.1) is 0 Å². The highest BCUT2D eigenvalue weighted by Gasteiger charge is 2.20. The van der Waals surface area contributed by atoms with Crippen LogP contribution in [0.3, 0.4) is 0 Å². The van der Waals surface area contributed by atoms with Gasteiger partial charge in [-0.05, 0) is 72.5 Å². The van der Waals surface area contributed by atoms with Crippen LogP contribution in [-0.2, 0) is 11.3 Å². The lowest BCUT2D eigenvalue weighted by molar-refractivity contribution is -0.120. The van der Waals surface area contributed by atoms with Crippen molar-refractivity contribution in [1.29, 1.82) is 0 Å². The summed E-state index contributed by atoms with van der Waals surface area (Å²) in [4.78, 5) is 26.9. The summed E-state index contributed by atoms with van der Waals surface area (Å²) in [5, 5.41) is 3.54. The SMILES string of the molecule is NC(=O)c1cccc(-c2ccc3c(c2)CNCCCCCCCN3C(=O)COc2ccccc2)c1. The maximum absolute atomic E-state index is 13.4. The second kappa shape index (κ2) is 12.2. The fourth-order valence-electron chi connectivity index (χ4n) is 4.41. The van der Waals surface area contributed by atoms with E-state index in [0.717, 1.165) is 48.2 Å². The summed E-state index contributed by atoms with van der Waals surface area (Å²) in [5.41, 5.74) is 9.80. The fraction of sp³-hybridized carbons (Fsp3) is 0.310. The Kier molecular flexibility index (Phi) is 8.52. The predicted octanol–water partition coefficient (Wildman–Crippen LogP) is 4.92. The van der Waals surface area contributed by atoms with Gasteiger partial charge in [0.1, 0.15) is 5.75 Å².